The van der Waals surface area contributed by atoms with Gasteiger partial charge in [-0.2, -0.15) is 5.26 Å². The van der Waals surface area contributed by atoms with Gasteiger partial charge >= 0.3 is 0 Å². The van der Waals surface area contributed by atoms with Crippen molar-refractivity contribution < 1.29 is 9.21 Å². The molecule has 2 rings (SSSR count). The number of rotatable bonds is 2. The molecule has 0 unspecified atom stereocenters. The van der Waals surface area contributed by atoms with Crippen LogP contribution in [0, 0.1) is 11.3 Å². The zero-order valence-corrected chi connectivity index (χ0v) is 7.86. The highest BCUT2D eigenvalue weighted by molar-refractivity contribution is 5.97. The molecule has 1 N–H and O–H groups in total. The smallest absolute Gasteiger partial charge is 0.238 e. The minimum atomic E-state index is -0.300. The van der Waals surface area contributed by atoms with E-state index in [1.807, 2.05) is 6.07 Å². The molecule has 0 aromatic carbocycles. The van der Waals surface area contributed by atoms with Gasteiger partial charge in [0, 0.05) is 16.8 Å². The lowest BCUT2D eigenvalue weighted by Gasteiger charge is -2.03. The predicted octanol–water partition coefficient (Wildman–Crippen LogP) is 2.24. The van der Waals surface area contributed by atoms with E-state index >= 15 is 0 Å². The third-order valence-corrected chi connectivity index (χ3v) is 2.05. The first-order valence-electron chi connectivity index (χ1n) is 4.43. The van der Waals surface area contributed by atoms with Crippen LogP contribution in [0.1, 0.15) is 6.42 Å². The molecule has 15 heavy (non-hydrogen) atoms. The minimum Gasteiger partial charge on any atom is -0.472 e. The maximum atomic E-state index is 11.2. The van der Waals surface area contributed by atoms with Gasteiger partial charge in [0.1, 0.15) is 6.42 Å². The van der Waals surface area contributed by atoms with Crippen LogP contribution in [0.25, 0.3) is 11.1 Å². The quantitative estimate of drug-likeness (QED) is 0.808. The Morgan fingerprint density at radius 2 is 2.33 bits per heavy atom. The van der Waals surface area contributed by atoms with Gasteiger partial charge in [-0.25, -0.2) is 0 Å². The van der Waals surface area contributed by atoms with Crippen LogP contribution in [0.15, 0.2) is 35.1 Å². The van der Waals surface area contributed by atoms with E-state index in [0.717, 1.165) is 11.1 Å². The van der Waals surface area contributed by atoms with E-state index in [1.54, 1.807) is 30.7 Å². The summed E-state index contributed by atoms with van der Waals surface area (Å²) in [5.41, 5.74) is 2.54. The van der Waals surface area contributed by atoms with Gasteiger partial charge in [-0.3, -0.25) is 4.79 Å². The van der Waals surface area contributed by atoms with E-state index in [0.29, 0.717) is 5.69 Å². The zero-order chi connectivity index (χ0) is 10.7. The van der Waals surface area contributed by atoms with Gasteiger partial charge < -0.3 is 9.73 Å². The molecule has 1 aliphatic heterocycles. The molecule has 0 saturated carbocycles. The summed E-state index contributed by atoms with van der Waals surface area (Å²) in [6.45, 7) is 0. The number of fused-ring (bicyclic) bond motifs is 1. The Kier molecular flexibility index (Phi) is 2.38. The van der Waals surface area contributed by atoms with Crippen LogP contribution >= 0.6 is 0 Å². The van der Waals surface area contributed by atoms with Crippen LogP contribution in [0.3, 0.4) is 0 Å². The first kappa shape index (κ1) is 9.28. The topological polar surface area (TPSA) is 66.0 Å². The van der Waals surface area contributed by atoms with E-state index < -0.39 is 0 Å². The Bertz CT molecular complexity index is 496. The summed E-state index contributed by atoms with van der Waals surface area (Å²) in [5.74, 6) is -0.300. The summed E-state index contributed by atoms with van der Waals surface area (Å²) in [6, 6.07) is 7.21. The van der Waals surface area contributed by atoms with Crippen LogP contribution < -0.4 is 5.32 Å². The Morgan fingerprint density at radius 1 is 1.47 bits per heavy atom. The van der Waals surface area contributed by atoms with Gasteiger partial charge in [0.2, 0.25) is 5.91 Å². The summed E-state index contributed by atoms with van der Waals surface area (Å²) in [4.78, 5) is 11.2. The lowest BCUT2D eigenvalue weighted by atomic mass is 10.2. The van der Waals surface area contributed by atoms with Crippen LogP contribution in [0.2, 0.25) is 0 Å². The summed E-state index contributed by atoms with van der Waals surface area (Å²) in [6.07, 6.45) is 3.02. The number of hydrogen-bond acceptors (Lipinski definition) is 3. The molecule has 0 aromatic rings. The Balaban J connectivity index is 2.24. The number of nitriles is 1. The lowest BCUT2D eigenvalue weighted by molar-refractivity contribution is -0.115. The van der Waals surface area contributed by atoms with Gasteiger partial charge in [0.15, 0.2) is 0 Å². The Hall–Kier alpha value is -2.28. The number of hydrogen-bond donors (Lipinski definition) is 1. The second-order valence-electron chi connectivity index (χ2n) is 3.06. The molecule has 0 bridgehead atoms. The molecule has 1 heterocycles. The van der Waals surface area contributed by atoms with Crippen LogP contribution in [0.5, 0.6) is 0 Å². The molecule has 1 aliphatic carbocycles. The van der Waals surface area contributed by atoms with Gasteiger partial charge in [-0.1, -0.05) is 0 Å². The molecule has 1 amide bonds. The molecule has 4 nitrogen and oxygen atoms in total. The molecule has 4 heteroatoms. The summed E-state index contributed by atoms with van der Waals surface area (Å²) < 4.78 is 4.99. The first-order chi connectivity index (χ1) is 7.31. The maximum Gasteiger partial charge on any atom is 0.238 e. The van der Waals surface area contributed by atoms with Crippen molar-refractivity contribution >= 4 is 11.6 Å². The average molecular weight is 200 g/mol. The molecule has 0 aromatic heterocycles. The second-order valence-corrected chi connectivity index (χ2v) is 3.06. The van der Waals surface area contributed by atoms with Crippen LogP contribution in [0.4, 0.5) is 5.69 Å². The highest BCUT2D eigenvalue weighted by atomic mass is 16.3. The number of carbonyl (C=O) groups excluding carboxylic acids is 1. The summed E-state index contributed by atoms with van der Waals surface area (Å²) in [7, 11) is 0. The molecule has 0 radical (unpaired) electrons. The zero-order valence-electron chi connectivity index (χ0n) is 7.86. The van der Waals surface area contributed by atoms with E-state index in [9.17, 15) is 4.79 Å². The van der Waals surface area contributed by atoms with Crippen molar-refractivity contribution in [1.29, 1.82) is 5.26 Å². The molecule has 2 aliphatic rings. The van der Waals surface area contributed by atoms with Crippen molar-refractivity contribution in [3.63, 3.8) is 0 Å². The lowest BCUT2D eigenvalue weighted by Crippen LogP contribution is -2.09. The highest BCUT2D eigenvalue weighted by Gasteiger charge is 2.11. The van der Waals surface area contributed by atoms with E-state index in [2.05, 4.69) is 5.32 Å². The SMILES string of the molecule is N#CCC(=O)Nc1ccc2coccc1-2. The third-order valence-electron chi connectivity index (χ3n) is 2.05. The first-order valence-corrected chi connectivity index (χ1v) is 4.43. The fraction of sp³-hybridized carbons (Fsp3) is 0.0909. The van der Waals surface area contributed by atoms with Gasteiger partial charge in [-0.05, 0) is 18.2 Å². The second kappa shape index (κ2) is 3.84. The molecular formula is C11H8N2O2. The molecule has 0 fully saturated rings. The summed E-state index contributed by atoms with van der Waals surface area (Å²) in [5, 5.41) is 11.0. The van der Waals surface area contributed by atoms with Crippen molar-refractivity contribution in [2.45, 2.75) is 6.42 Å². The maximum absolute atomic E-state index is 11.2. The third kappa shape index (κ3) is 1.81. The van der Waals surface area contributed by atoms with Crippen molar-refractivity contribution in [3.8, 4) is 17.2 Å². The van der Waals surface area contributed by atoms with E-state index in [1.165, 1.54) is 0 Å². The predicted molar refractivity (Wildman–Crippen MR) is 54.2 cm³/mol. The fourth-order valence-corrected chi connectivity index (χ4v) is 1.39. The van der Waals surface area contributed by atoms with Crippen molar-refractivity contribution in [2.75, 3.05) is 5.32 Å². The van der Waals surface area contributed by atoms with Gasteiger partial charge in [-0.15, -0.1) is 0 Å². The van der Waals surface area contributed by atoms with Crippen molar-refractivity contribution in [3.05, 3.63) is 30.7 Å². The molecule has 0 atom stereocenters. The Morgan fingerprint density at radius 3 is 3.13 bits per heavy atom. The number of carbonyl (C=O) groups is 1. The average Bonchev–Trinajstić information content (AvgIpc) is 2.62. The van der Waals surface area contributed by atoms with Gasteiger partial charge in [0.05, 0.1) is 18.6 Å². The van der Waals surface area contributed by atoms with Crippen molar-refractivity contribution in [2.24, 2.45) is 0 Å². The van der Waals surface area contributed by atoms with E-state index in [-0.39, 0.29) is 12.3 Å². The largest absolute Gasteiger partial charge is 0.472 e. The number of anilines is 1. The molecular weight excluding hydrogens is 192 g/mol. The van der Waals surface area contributed by atoms with E-state index in [4.69, 9.17) is 9.68 Å². The standard InChI is InChI=1S/C11H8N2O2/c12-5-3-11(14)13-10-2-1-8-7-15-6-4-9(8)10/h1-2,4,6-7H,3H2,(H,13,14). The molecule has 74 valence electrons. The highest BCUT2D eigenvalue weighted by Crippen LogP contribution is 2.31. The summed E-state index contributed by atoms with van der Waals surface area (Å²) >= 11 is 0. The fourth-order valence-electron chi connectivity index (χ4n) is 1.39. The number of nitrogens with one attached hydrogen (secondary N) is 1. The van der Waals surface area contributed by atoms with Crippen LogP contribution in [-0.4, -0.2) is 5.91 Å². The van der Waals surface area contributed by atoms with Crippen LogP contribution in [-0.2, 0) is 4.79 Å². The number of nitrogens with zero attached hydrogens (tertiary/aromatic N) is 1. The minimum absolute atomic E-state index is 0.135. The molecule has 0 spiro atoms. The number of amides is 1. The van der Waals surface area contributed by atoms with Gasteiger partial charge in [0.25, 0.3) is 0 Å². The van der Waals surface area contributed by atoms with Crippen molar-refractivity contribution in [1.82, 2.24) is 0 Å². The normalized spacial score (nSPS) is 9.80. The molecule has 0 saturated heterocycles. The Labute approximate surface area is 86.5 Å². The monoisotopic (exact) mass is 200 g/mol.